The summed E-state index contributed by atoms with van der Waals surface area (Å²) in [6, 6.07) is 15.4. The number of pyridine rings is 1. The summed E-state index contributed by atoms with van der Waals surface area (Å²) in [6.45, 7) is 2.19. The summed E-state index contributed by atoms with van der Waals surface area (Å²) < 4.78 is 10.8. The number of nitrogen functional groups attached to an aromatic ring is 1. The summed E-state index contributed by atoms with van der Waals surface area (Å²) in [6.07, 6.45) is 1.46. The normalized spacial score (nSPS) is 12.2. The van der Waals surface area contributed by atoms with Gasteiger partial charge in [0.25, 0.3) is 0 Å². The molecular weight excluding hydrogens is 368 g/mol. The summed E-state index contributed by atoms with van der Waals surface area (Å²) in [7, 11) is 0. The van der Waals surface area contributed by atoms with Gasteiger partial charge < -0.3 is 25.8 Å². The Labute approximate surface area is 166 Å². The molecule has 0 amide bonds. The van der Waals surface area contributed by atoms with E-state index in [-0.39, 0.29) is 6.79 Å². The first kappa shape index (κ1) is 17.1. The van der Waals surface area contributed by atoms with Gasteiger partial charge in [-0.05, 0) is 43.3 Å². The zero-order valence-electron chi connectivity index (χ0n) is 15.6. The quantitative estimate of drug-likeness (QED) is 0.480. The fourth-order valence-corrected chi connectivity index (χ4v) is 3.20. The molecule has 2 aromatic heterocycles. The lowest BCUT2D eigenvalue weighted by atomic mass is 10.1. The first-order chi connectivity index (χ1) is 14.2. The smallest absolute Gasteiger partial charge is 0.231 e. The van der Waals surface area contributed by atoms with Crippen LogP contribution in [0.4, 0.5) is 28.7 Å². The molecule has 0 fully saturated rings. The summed E-state index contributed by atoms with van der Waals surface area (Å²) in [5.41, 5.74) is 10.3. The number of nitrogens with two attached hydrogens (primary N) is 1. The molecule has 0 aliphatic carbocycles. The van der Waals surface area contributed by atoms with Gasteiger partial charge in [-0.25, -0.2) is 9.97 Å². The lowest BCUT2D eigenvalue weighted by Gasteiger charge is -2.14. The van der Waals surface area contributed by atoms with E-state index in [1.54, 1.807) is 0 Å². The monoisotopic (exact) mass is 386 g/mol. The number of fused-ring (bicyclic) bond motifs is 2. The van der Waals surface area contributed by atoms with Gasteiger partial charge in [0.05, 0.1) is 5.52 Å². The van der Waals surface area contributed by atoms with Crippen molar-refractivity contribution in [3.05, 3.63) is 60.6 Å². The van der Waals surface area contributed by atoms with Crippen molar-refractivity contribution < 1.29 is 9.47 Å². The highest BCUT2D eigenvalue weighted by Gasteiger charge is 2.15. The molecule has 3 heterocycles. The molecule has 8 heteroatoms. The van der Waals surface area contributed by atoms with Gasteiger partial charge in [-0.2, -0.15) is 0 Å². The fourth-order valence-electron chi connectivity index (χ4n) is 3.20. The Kier molecular flexibility index (Phi) is 4.02. The van der Waals surface area contributed by atoms with E-state index in [1.165, 1.54) is 6.33 Å². The zero-order chi connectivity index (χ0) is 19.8. The number of hydrogen-bond donors (Lipinski definition) is 3. The van der Waals surface area contributed by atoms with Crippen LogP contribution in [0.25, 0.3) is 10.9 Å². The van der Waals surface area contributed by atoms with Crippen LogP contribution >= 0.6 is 0 Å². The van der Waals surface area contributed by atoms with Crippen LogP contribution < -0.4 is 25.8 Å². The van der Waals surface area contributed by atoms with E-state index in [1.807, 2.05) is 55.5 Å². The van der Waals surface area contributed by atoms with Gasteiger partial charge in [-0.1, -0.05) is 6.07 Å². The molecule has 1 aliphatic rings. The van der Waals surface area contributed by atoms with Crippen molar-refractivity contribution in [1.82, 2.24) is 15.0 Å². The van der Waals surface area contributed by atoms with Crippen LogP contribution in [0.1, 0.15) is 5.69 Å². The third-order valence-electron chi connectivity index (χ3n) is 4.64. The molecule has 0 atom stereocenters. The number of aryl methyl sites for hydroxylation is 1. The van der Waals surface area contributed by atoms with E-state index >= 15 is 0 Å². The van der Waals surface area contributed by atoms with Gasteiger partial charge in [0.1, 0.15) is 12.0 Å². The first-order valence-electron chi connectivity index (χ1n) is 9.08. The Bertz CT molecular complexity index is 1230. The van der Waals surface area contributed by atoms with Crippen LogP contribution in [0.5, 0.6) is 11.5 Å². The van der Waals surface area contributed by atoms with Crippen molar-refractivity contribution in [2.75, 3.05) is 23.2 Å². The minimum Gasteiger partial charge on any atom is -0.454 e. The third kappa shape index (κ3) is 3.20. The number of benzene rings is 2. The highest BCUT2D eigenvalue weighted by molar-refractivity contribution is 5.94. The average Bonchev–Trinajstić information content (AvgIpc) is 3.19. The van der Waals surface area contributed by atoms with Gasteiger partial charge in [0.2, 0.25) is 6.79 Å². The van der Waals surface area contributed by atoms with Crippen LogP contribution in [-0.4, -0.2) is 21.7 Å². The number of anilines is 5. The first-order valence-corrected chi connectivity index (χ1v) is 9.08. The Morgan fingerprint density at radius 2 is 1.76 bits per heavy atom. The lowest BCUT2D eigenvalue weighted by Crippen LogP contribution is -2.05. The van der Waals surface area contributed by atoms with E-state index in [2.05, 4.69) is 25.6 Å². The van der Waals surface area contributed by atoms with Crippen LogP contribution in [0.3, 0.4) is 0 Å². The minimum atomic E-state index is 0.224. The molecule has 0 spiro atoms. The van der Waals surface area contributed by atoms with Gasteiger partial charge >= 0.3 is 0 Å². The zero-order valence-corrected chi connectivity index (χ0v) is 15.6. The minimum absolute atomic E-state index is 0.224. The molecule has 29 heavy (non-hydrogen) atoms. The molecule has 144 valence electrons. The number of aromatic nitrogens is 3. The molecule has 4 aromatic rings. The van der Waals surface area contributed by atoms with Crippen LogP contribution in [-0.2, 0) is 0 Å². The molecule has 2 aromatic carbocycles. The van der Waals surface area contributed by atoms with E-state index in [0.717, 1.165) is 28.0 Å². The Morgan fingerprint density at radius 1 is 0.931 bits per heavy atom. The van der Waals surface area contributed by atoms with Crippen LogP contribution in [0.2, 0.25) is 0 Å². The Morgan fingerprint density at radius 3 is 2.66 bits per heavy atom. The van der Waals surface area contributed by atoms with Crippen LogP contribution in [0.15, 0.2) is 54.9 Å². The van der Waals surface area contributed by atoms with Crippen molar-refractivity contribution >= 4 is 39.6 Å². The van der Waals surface area contributed by atoms with E-state index in [4.69, 9.17) is 15.2 Å². The number of rotatable bonds is 4. The van der Waals surface area contributed by atoms with Crippen LogP contribution in [0, 0.1) is 6.92 Å². The second-order valence-corrected chi connectivity index (χ2v) is 6.63. The summed E-state index contributed by atoms with van der Waals surface area (Å²) >= 11 is 0. The van der Waals surface area contributed by atoms with Gasteiger partial charge in [0.15, 0.2) is 23.1 Å². The number of nitrogens with zero attached hydrogens (tertiary/aromatic N) is 3. The predicted octanol–water partition coefficient (Wildman–Crippen LogP) is 4.13. The molecule has 0 saturated heterocycles. The van der Waals surface area contributed by atoms with E-state index in [9.17, 15) is 0 Å². The molecule has 4 N–H and O–H groups in total. The van der Waals surface area contributed by atoms with Crippen molar-refractivity contribution in [1.29, 1.82) is 0 Å². The average molecular weight is 386 g/mol. The van der Waals surface area contributed by atoms with Gasteiger partial charge in [-0.15, -0.1) is 0 Å². The molecule has 0 radical (unpaired) electrons. The molecule has 0 unspecified atom stereocenters. The van der Waals surface area contributed by atoms with E-state index < -0.39 is 0 Å². The highest BCUT2D eigenvalue weighted by Crippen LogP contribution is 2.36. The number of nitrogens with one attached hydrogen (secondary N) is 2. The maximum Gasteiger partial charge on any atom is 0.231 e. The second kappa shape index (κ2) is 6.83. The van der Waals surface area contributed by atoms with Crippen molar-refractivity contribution in [2.24, 2.45) is 0 Å². The lowest BCUT2D eigenvalue weighted by molar-refractivity contribution is 0.174. The fraction of sp³-hybridized carbons (Fsp3) is 0.0952. The van der Waals surface area contributed by atoms with Crippen molar-refractivity contribution in [3.8, 4) is 11.5 Å². The summed E-state index contributed by atoms with van der Waals surface area (Å²) in [4.78, 5) is 13.1. The van der Waals surface area contributed by atoms with Gasteiger partial charge in [-0.3, -0.25) is 4.98 Å². The SMILES string of the molecule is Cc1ccc2c(Nc3ncnc(Nc4ccc5c(c4)OCO5)c3N)cccc2n1. The topological polar surface area (TPSA) is 107 Å². The maximum atomic E-state index is 6.34. The predicted molar refractivity (Wildman–Crippen MR) is 112 cm³/mol. The molecule has 0 bridgehead atoms. The largest absolute Gasteiger partial charge is 0.454 e. The third-order valence-corrected chi connectivity index (χ3v) is 4.64. The molecule has 8 nitrogen and oxygen atoms in total. The van der Waals surface area contributed by atoms with Crippen molar-refractivity contribution in [3.63, 3.8) is 0 Å². The maximum absolute atomic E-state index is 6.34. The molecular formula is C21H18N6O2. The van der Waals surface area contributed by atoms with Crippen molar-refractivity contribution in [2.45, 2.75) is 6.92 Å². The van der Waals surface area contributed by atoms with Gasteiger partial charge in [0, 0.05) is 28.5 Å². The highest BCUT2D eigenvalue weighted by atomic mass is 16.7. The Hall–Kier alpha value is -4.07. The summed E-state index contributed by atoms with van der Waals surface area (Å²) in [5.74, 6) is 2.40. The number of hydrogen-bond acceptors (Lipinski definition) is 8. The number of ether oxygens (including phenoxy) is 2. The molecule has 1 aliphatic heterocycles. The standard InChI is InChI=1S/C21H18N6O2/c1-12-5-7-14-15(25-12)3-2-4-16(14)27-21-19(22)20(23-10-24-21)26-13-6-8-17-18(9-13)29-11-28-17/h2-10H,11,22H2,1H3,(H2,23,24,26,27). The summed E-state index contributed by atoms with van der Waals surface area (Å²) in [5, 5.41) is 7.50. The Balaban J connectivity index is 1.45. The van der Waals surface area contributed by atoms with E-state index in [0.29, 0.717) is 28.8 Å². The molecule has 0 saturated carbocycles. The molecule has 5 rings (SSSR count). The second-order valence-electron chi connectivity index (χ2n) is 6.63.